The number of aromatic amines is 1. The summed E-state index contributed by atoms with van der Waals surface area (Å²) in [5.74, 6) is 1.53. The highest BCUT2D eigenvalue weighted by Gasteiger charge is 2.27. The molecule has 25 heavy (non-hydrogen) atoms. The highest BCUT2D eigenvalue weighted by Crippen LogP contribution is 2.25. The molecule has 1 unspecified atom stereocenters. The van der Waals surface area contributed by atoms with Crippen molar-refractivity contribution in [2.45, 2.75) is 38.8 Å². The van der Waals surface area contributed by atoms with Crippen LogP contribution in [0.1, 0.15) is 47.8 Å². The molecular weight excluding hydrogens is 316 g/mol. The van der Waals surface area contributed by atoms with Crippen LogP contribution in [0.5, 0.6) is 0 Å². The Hall–Kier alpha value is -2.96. The van der Waals surface area contributed by atoms with E-state index in [1.165, 1.54) is 0 Å². The predicted molar refractivity (Wildman–Crippen MR) is 92.9 cm³/mol. The Kier molecular flexibility index (Phi) is 4.05. The summed E-state index contributed by atoms with van der Waals surface area (Å²) >= 11 is 0. The Morgan fingerprint density at radius 3 is 3.00 bits per heavy atom. The summed E-state index contributed by atoms with van der Waals surface area (Å²) in [7, 11) is 0. The SMILES string of the molecule is CCc1nc2n(n1)CCCC2NC(=O)c1cn[nH]c1-c1ccccc1. The van der Waals surface area contributed by atoms with E-state index in [0.29, 0.717) is 5.56 Å². The summed E-state index contributed by atoms with van der Waals surface area (Å²) in [6.07, 6.45) is 4.21. The molecule has 7 nitrogen and oxygen atoms in total. The van der Waals surface area contributed by atoms with Crippen molar-refractivity contribution in [2.75, 3.05) is 0 Å². The lowest BCUT2D eigenvalue weighted by Gasteiger charge is -2.23. The van der Waals surface area contributed by atoms with Crippen LogP contribution in [-0.4, -0.2) is 30.9 Å². The zero-order valence-electron chi connectivity index (χ0n) is 14.1. The topological polar surface area (TPSA) is 88.5 Å². The van der Waals surface area contributed by atoms with Gasteiger partial charge in [-0.1, -0.05) is 37.3 Å². The Bertz CT molecular complexity index is 882. The molecule has 1 amide bonds. The maximum Gasteiger partial charge on any atom is 0.255 e. The number of aromatic nitrogens is 5. The maximum absolute atomic E-state index is 12.8. The van der Waals surface area contributed by atoms with Crippen molar-refractivity contribution >= 4 is 5.91 Å². The number of rotatable bonds is 4. The molecule has 2 N–H and O–H groups in total. The molecule has 1 atom stereocenters. The number of benzene rings is 1. The number of carbonyl (C=O) groups excluding carboxylic acids is 1. The van der Waals surface area contributed by atoms with Crippen LogP contribution in [0.15, 0.2) is 36.5 Å². The molecule has 0 spiro atoms. The monoisotopic (exact) mass is 336 g/mol. The number of carbonyl (C=O) groups is 1. The molecule has 0 saturated carbocycles. The first-order valence-corrected chi connectivity index (χ1v) is 8.59. The van der Waals surface area contributed by atoms with Crippen molar-refractivity contribution < 1.29 is 4.79 Å². The van der Waals surface area contributed by atoms with Gasteiger partial charge in [-0.2, -0.15) is 10.2 Å². The van der Waals surface area contributed by atoms with Gasteiger partial charge in [0.1, 0.15) is 5.82 Å². The molecule has 128 valence electrons. The van der Waals surface area contributed by atoms with E-state index in [4.69, 9.17) is 0 Å². The van der Waals surface area contributed by atoms with Crippen LogP contribution >= 0.6 is 0 Å². The molecule has 0 radical (unpaired) electrons. The van der Waals surface area contributed by atoms with Crippen molar-refractivity contribution in [1.82, 2.24) is 30.3 Å². The lowest BCUT2D eigenvalue weighted by molar-refractivity contribution is 0.0928. The van der Waals surface area contributed by atoms with E-state index in [1.807, 2.05) is 41.9 Å². The fraction of sp³-hybridized carbons (Fsp3) is 0.333. The van der Waals surface area contributed by atoms with Gasteiger partial charge >= 0.3 is 0 Å². The first-order valence-electron chi connectivity index (χ1n) is 8.59. The van der Waals surface area contributed by atoms with E-state index in [-0.39, 0.29) is 11.9 Å². The number of hydrogen-bond donors (Lipinski definition) is 2. The number of hydrogen-bond acceptors (Lipinski definition) is 4. The standard InChI is InChI=1S/C18H20N6O/c1-2-15-21-17-14(9-6-10-24(17)23-15)20-18(25)13-11-19-22-16(13)12-7-4-3-5-8-12/h3-5,7-8,11,14H,2,6,9-10H2,1H3,(H,19,22)(H,20,25). The quantitative estimate of drug-likeness (QED) is 0.766. The Morgan fingerprint density at radius 1 is 1.36 bits per heavy atom. The van der Waals surface area contributed by atoms with Crippen LogP contribution in [0, 0.1) is 0 Å². The first-order chi connectivity index (χ1) is 12.3. The summed E-state index contributed by atoms with van der Waals surface area (Å²) < 4.78 is 1.92. The fourth-order valence-corrected chi connectivity index (χ4v) is 3.21. The van der Waals surface area contributed by atoms with E-state index in [9.17, 15) is 4.79 Å². The maximum atomic E-state index is 12.8. The molecule has 1 aliphatic rings. The van der Waals surface area contributed by atoms with Crippen LogP contribution in [0.3, 0.4) is 0 Å². The van der Waals surface area contributed by atoms with Gasteiger partial charge in [0.2, 0.25) is 0 Å². The van der Waals surface area contributed by atoms with Crippen LogP contribution < -0.4 is 5.32 Å². The van der Waals surface area contributed by atoms with Gasteiger partial charge in [-0.15, -0.1) is 0 Å². The van der Waals surface area contributed by atoms with Crippen molar-refractivity contribution in [3.05, 3.63) is 53.7 Å². The molecule has 3 heterocycles. The minimum absolute atomic E-state index is 0.118. The third-order valence-electron chi connectivity index (χ3n) is 4.49. The van der Waals surface area contributed by atoms with Crippen LogP contribution in [0.4, 0.5) is 0 Å². The zero-order chi connectivity index (χ0) is 17.2. The van der Waals surface area contributed by atoms with Gasteiger partial charge in [0, 0.05) is 18.5 Å². The largest absolute Gasteiger partial charge is 0.342 e. The van der Waals surface area contributed by atoms with E-state index in [1.54, 1.807) is 6.20 Å². The Labute approximate surface area is 145 Å². The third kappa shape index (κ3) is 2.93. The average molecular weight is 336 g/mol. The molecule has 1 aromatic carbocycles. The van der Waals surface area contributed by atoms with Crippen molar-refractivity contribution in [2.24, 2.45) is 0 Å². The average Bonchev–Trinajstić information content (AvgIpc) is 3.29. The predicted octanol–water partition coefficient (Wildman–Crippen LogP) is 2.50. The normalized spacial score (nSPS) is 16.4. The minimum Gasteiger partial charge on any atom is -0.342 e. The van der Waals surface area contributed by atoms with Gasteiger partial charge in [-0.25, -0.2) is 9.67 Å². The zero-order valence-corrected chi connectivity index (χ0v) is 14.1. The molecular formula is C18H20N6O. The van der Waals surface area contributed by atoms with Gasteiger partial charge in [0.25, 0.3) is 5.91 Å². The minimum atomic E-state index is -0.146. The molecule has 0 bridgehead atoms. The summed E-state index contributed by atoms with van der Waals surface area (Å²) in [4.78, 5) is 17.4. The highest BCUT2D eigenvalue weighted by atomic mass is 16.1. The summed E-state index contributed by atoms with van der Waals surface area (Å²) in [5.41, 5.74) is 2.20. The molecule has 3 aromatic rings. The molecule has 0 fully saturated rings. The number of amides is 1. The van der Waals surface area contributed by atoms with Gasteiger partial charge in [0.05, 0.1) is 23.5 Å². The van der Waals surface area contributed by atoms with E-state index < -0.39 is 0 Å². The fourth-order valence-electron chi connectivity index (χ4n) is 3.21. The molecule has 2 aromatic heterocycles. The summed E-state index contributed by atoms with van der Waals surface area (Å²) in [6.45, 7) is 2.89. The smallest absolute Gasteiger partial charge is 0.255 e. The molecule has 1 aliphatic heterocycles. The highest BCUT2D eigenvalue weighted by molar-refractivity contribution is 5.99. The Balaban J connectivity index is 1.58. The van der Waals surface area contributed by atoms with Gasteiger partial charge < -0.3 is 5.32 Å². The van der Waals surface area contributed by atoms with E-state index >= 15 is 0 Å². The molecule has 0 saturated heterocycles. The summed E-state index contributed by atoms with van der Waals surface area (Å²) in [5, 5.41) is 14.6. The number of nitrogens with zero attached hydrogens (tertiary/aromatic N) is 4. The van der Waals surface area contributed by atoms with Crippen molar-refractivity contribution in [3.8, 4) is 11.3 Å². The van der Waals surface area contributed by atoms with Gasteiger partial charge in [-0.3, -0.25) is 9.89 Å². The third-order valence-corrected chi connectivity index (χ3v) is 4.49. The van der Waals surface area contributed by atoms with Gasteiger partial charge in [0.15, 0.2) is 5.82 Å². The second kappa shape index (κ2) is 6.51. The van der Waals surface area contributed by atoms with Crippen LogP contribution in [-0.2, 0) is 13.0 Å². The molecule has 0 aliphatic carbocycles. The lowest BCUT2D eigenvalue weighted by atomic mass is 10.0. The molecule has 7 heteroatoms. The number of nitrogens with one attached hydrogen (secondary N) is 2. The lowest BCUT2D eigenvalue weighted by Crippen LogP contribution is -2.33. The first kappa shape index (κ1) is 15.6. The van der Waals surface area contributed by atoms with Crippen LogP contribution in [0.25, 0.3) is 11.3 Å². The van der Waals surface area contributed by atoms with Gasteiger partial charge in [-0.05, 0) is 12.8 Å². The second-order valence-corrected chi connectivity index (χ2v) is 6.16. The number of aryl methyl sites for hydroxylation is 2. The summed E-state index contributed by atoms with van der Waals surface area (Å²) in [6, 6.07) is 9.61. The van der Waals surface area contributed by atoms with Crippen molar-refractivity contribution in [3.63, 3.8) is 0 Å². The van der Waals surface area contributed by atoms with Crippen LogP contribution in [0.2, 0.25) is 0 Å². The number of H-pyrrole nitrogens is 1. The number of fused-ring (bicyclic) bond motifs is 1. The Morgan fingerprint density at radius 2 is 2.20 bits per heavy atom. The molecule has 4 rings (SSSR count). The van der Waals surface area contributed by atoms with E-state index in [2.05, 4.69) is 25.6 Å². The second-order valence-electron chi connectivity index (χ2n) is 6.16. The van der Waals surface area contributed by atoms with Crippen molar-refractivity contribution in [1.29, 1.82) is 0 Å². The van der Waals surface area contributed by atoms with E-state index in [0.717, 1.165) is 48.7 Å².